The molecule has 2 aromatic carbocycles. The Morgan fingerprint density at radius 3 is 2.49 bits per heavy atom. The van der Waals surface area contributed by atoms with Gasteiger partial charge in [0.2, 0.25) is 0 Å². The molecular weight excluding hydrogens is 489 g/mol. The summed E-state index contributed by atoms with van der Waals surface area (Å²) < 4.78 is 47.1. The number of carbonyl (C=O) groups excluding carboxylic acids is 1. The van der Waals surface area contributed by atoms with Crippen LogP contribution in [0.2, 0.25) is 5.02 Å². The number of aromatic nitrogens is 2. The molecule has 1 amide bonds. The first-order valence-corrected chi connectivity index (χ1v) is 10.7. The van der Waals surface area contributed by atoms with Crippen LogP contribution >= 0.6 is 11.6 Å². The maximum Gasteiger partial charge on any atom is 0.573 e. The highest BCUT2D eigenvalue weighted by Gasteiger charge is 2.31. The molecule has 0 fully saturated rings. The van der Waals surface area contributed by atoms with Crippen molar-refractivity contribution in [3.8, 4) is 17.0 Å². The molecule has 4 rings (SSSR count). The van der Waals surface area contributed by atoms with Crippen LogP contribution in [-0.4, -0.2) is 41.3 Å². The second kappa shape index (κ2) is 10.2. The molecule has 2 heterocycles. The standard InChI is InChI=1S/C23H18ClF3N4O4/c1-13(30-21(32)16-10-17(24)12-18(11-16)35-23(25,26)27)19-20(29-7-6-28-19)14-2-4-15(5-3-14)22-31-34-9-8-33-22/h2-7,10-13H,8-9H2,1H3,(H,30,32). The molecular formula is C23H18ClF3N4O4. The number of alkyl halides is 3. The lowest BCUT2D eigenvalue weighted by Gasteiger charge is -2.17. The fourth-order valence-corrected chi connectivity index (χ4v) is 3.56. The minimum absolute atomic E-state index is 0.0817. The molecule has 3 aromatic rings. The van der Waals surface area contributed by atoms with Gasteiger partial charge in [0.15, 0.2) is 6.61 Å². The van der Waals surface area contributed by atoms with E-state index < -0.39 is 24.1 Å². The largest absolute Gasteiger partial charge is 0.573 e. The number of hydrogen-bond donors (Lipinski definition) is 1. The van der Waals surface area contributed by atoms with E-state index in [9.17, 15) is 18.0 Å². The summed E-state index contributed by atoms with van der Waals surface area (Å²) in [4.78, 5) is 26.6. The molecule has 0 saturated heterocycles. The molecule has 0 saturated carbocycles. The summed E-state index contributed by atoms with van der Waals surface area (Å²) in [5, 5.41) is 6.51. The van der Waals surface area contributed by atoms with Crippen molar-refractivity contribution in [2.45, 2.75) is 19.3 Å². The highest BCUT2D eigenvalue weighted by Crippen LogP contribution is 2.28. The van der Waals surface area contributed by atoms with E-state index in [4.69, 9.17) is 21.2 Å². The Bertz CT molecular complexity index is 1250. The van der Waals surface area contributed by atoms with Crippen LogP contribution in [0.15, 0.2) is 60.0 Å². The molecule has 0 radical (unpaired) electrons. The van der Waals surface area contributed by atoms with Crippen molar-refractivity contribution in [3.05, 3.63) is 76.7 Å². The molecule has 0 spiro atoms. The highest BCUT2D eigenvalue weighted by atomic mass is 35.5. The minimum Gasteiger partial charge on any atom is -0.471 e. The summed E-state index contributed by atoms with van der Waals surface area (Å²) in [6, 6.07) is 9.70. The van der Waals surface area contributed by atoms with Crippen molar-refractivity contribution in [2.75, 3.05) is 13.2 Å². The summed E-state index contributed by atoms with van der Waals surface area (Å²) in [5.74, 6) is -0.885. The number of amides is 1. The van der Waals surface area contributed by atoms with E-state index in [1.165, 1.54) is 18.5 Å². The molecule has 182 valence electrons. The van der Waals surface area contributed by atoms with E-state index in [1.807, 2.05) is 0 Å². The summed E-state index contributed by atoms with van der Waals surface area (Å²) in [5.41, 5.74) is 2.31. The van der Waals surface area contributed by atoms with Crippen LogP contribution in [0.1, 0.15) is 34.6 Å². The maximum absolute atomic E-state index is 12.8. The van der Waals surface area contributed by atoms with Gasteiger partial charge in [-0.15, -0.1) is 13.2 Å². The van der Waals surface area contributed by atoms with Gasteiger partial charge in [-0.05, 0) is 42.4 Å². The third-order valence-electron chi connectivity index (χ3n) is 4.82. The molecule has 8 nitrogen and oxygen atoms in total. The molecule has 0 aliphatic carbocycles. The van der Waals surface area contributed by atoms with E-state index >= 15 is 0 Å². The number of ether oxygens (including phenoxy) is 2. The number of benzene rings is 2. The third kappa shape index (κ3) is 6.18. The Morgan fingerprint density at radius 2 is 1.80 bits per heavy atom. The Balaban J connectivity index is 1.54. The van der Waals surface area contributed by atoms with Gasteiger partial charge in [0.1, 0.15) is 12.4 Å². The lowest BCUT2D eigenvalue weighted by atomic mass is 10.0. The lowest BCUT2D eigenvalue weighted by molar-refractivity contribution is -0.274. The number of nitrogens with one attached hydrogen (secondary N) is 1. The van der Waals surface area contributed by atoms with E-state index in [1.54, 1.807) is 31.2 Å². The minimum atomic E-state index is -4.92. The number of rotatable bonds is 6. The Labute approximate surface area is 202 Å². The molecule has 1 aromatic heterocycles. The Hall–Kier alpha value is -3.86. The topological polar surface area (TPSA) is 94.9 Å². The van der Waals surface area contributed by atoms with Crippen LogP contribution in [0, 0.1) is 0 Å². The molecule has 1 aliphatic rings. The third-order valence-corrected chi connectivity index (χ3v) is 5.04. The Kier molecular flexibility index (Phi) is 7.06. The fourth-order valence-electron chi connectivity index (χ4n) is 3.34. The van der Waals surface area contributed by atoms with Gasteiger partial charge < -0.3 is 19.6 Å². The summed E-state index contributed by atoms with van der Waals surface area (Å²) in [6.45, 7) is 2.47. The number of oxime groups is 1. The van der Waals surface area contributed by atoms with Crippen molar-refractivity contribution >= 4 is 23.4 Å². The Morgan fingerprint density at radius 1 is 1.09 bits per heavy atom. The quantitative estimate of drug-likeness (QED) is 0.511. The number of carbonyl (C=O) groups is 1. The van der Waals surface area contributed by atoms with Crippen molar-refractivity contribution in [1.29, 1.82) is 0 Å². The molecule has 1 N–H and O–H groups in total. The molecule has 1 unspecified atom stereocenters. The van der Waals surface area contributed by atoms with Gasteiger partial charge >= 0.3 is 6.36 Å². The van der Waals surface area contributed by atoms with E-state index in [0.717, 1.165) is 23.3 Å². The number of hydrogen-bond acceptors (Lipinski definition) is 7. The summed E-state index contributed by atoms with van der Waals surface area (Å²) in [7, 11) is 0. The van der Waals surface area contributed by atoms with Crippen molar-refractivity contribution in [2.24, 2.45) is 5.16 Å². The van der Waals surface area contributed by atoms with Crippen LogP contribution in [0.5, 0.6) is 5.75 Å². The predicted molar refractivity (Wildman–Crippen MR) is 120 cm³/mol. The summed E-state index contributed by atoms with van der Waals surface area (Å²) in [6.07, 6.45) is -1.92. The van der Waals surface area contributed by atoms with Crippen molar-refractivity contribution in [1.82, 2.24) is 15.3 Å². The summed E-state index contributed by atoms with van der Waals surface area (Å²) >= 11 is 5.88. The maximum atomic E-state index is 12.8. The molecule has 35 heavy (non-hydrogen) atoms. The number of halogens is 4. The first kappa shape index (κ1) is 24.3. The van der Waals surface area contributed by atoms with Gasteiger partial charge in [-0.1, -0.05) is 23.7 Å². The van der Waals surface area contributed by atoms with Crippen molar-refractivity contribution < 1.29 is 32.3 Å². The zero-order valence-corrected chi connectivity index (χ0v) is 18.9. The molecule has 0 bridgehead atoms. The predicted octanol–water partition coefficient (Wildman–Crippen LogP) is 4.90. The average molecular weight is 507 g/mol. The van der Waals surface area contributed by atoms with E-state index in [2.05, 4.69) is 25.2 Å². The molecule has 1 aliphatic heterocycles. The first-order valence-electron chi connectivity index (χ1n) is 10.3. The molecule has 1 atom stereocenters. The normalized spacial score (nSPS) is 14.3. The van der Waals surface area contributed by atoms with Gasteiger partial charge in [-0.2, -0.15) is 0 Å². The average Bonchev–Trinajstić information content (AvgIpc) is 2.83. The van der Waals surface area contributed by atoms with Gasteiger partial charge in [0, 0.05) is 34.1 Å². The lowest BCUT2D eigenvalue weighted by Crippen LogP contribution is -2.28. The zero-order chi connectivity index (χ0) is 25.0. The van der Waals surface area contributed by atoms with Gasteiger partial charge in [-0.3, -0.25) is 14.8 Å². The van der Waals surface area contributed by atoms with Gasteiger partial charge in [0.25, 0.3) is 11.8 Å². The van der Waals surface area contributed by atoms with Crippen LogP contribution in [0.3, 0.4) is 0 Å². The second-order valence-corrected chi connectivity index (χ2v) is 7.80. The monoisotopic (exact) mass is 506 g/mol. The van der Waals surface area contributed by atoms with Gasteiger partial charge in [0.05, 0.1) is 17.4 Å². The first-order chi connectivity index (χ1) is 16.7. The van der Waals surface area contributed by atoms with Crippen molar-refractivity contribution in [3.63, 3.8) is 0 Å². The molecule has 12 heteroatoms. The van der Waals surface area contributed by atoms with Crippen LogP contribution < -0.4 is 10.1 Å². The van der Waals surface area contributed by atoms with E-state index in [-0.39, 0.29) is 10.6 Å². The van der Waals surface area contributed by atoms with Crippen LogP contribution in [0.4, 0.5) is 13.2 Å². The van der Waals surface area contributed by atoms with E-state index in [0.29, 0.717) is 30.5 Å². The number of nitrogens with zero attached hydrogens (tertiary/aromatic N) is 3. The van der Waals surface area contributed by atoms with Crippen LogP contribution in [-0.2, 0) is 9.57 Å². The van der Waals surface area contributed by atoms with Gasteiger partial charge in [-0.25, -0.2) is 0 Å². The smallest absolute Gasteiger partial charge is 0.471 e. The fraction of sp³-hybridized carbons (Fsp3) is 0.217. The SMILES string of the molecule is CC(NC(=O)c1cc(Cl)cc(OC(F)(F)F)c1)c1nccnc1-c1ccc(C2=NOCCO2)cc1. The highest BCUT2D eigenvalue weighted by molar-refractivity contribution is 6.31. The second-order valence-electron chi connectivity index (χ2n) is 7.36. The zero-order valence-electron chi connectivity index (χ0n) is 18.2. The van der Waals surface area contributed by atoms with Crippen LogP contribution in [0.25, 0.3) is 11.3 Å².